The molecule has 146 valence electrons. The van der Waals surface area contributed by atoms with Crippen LogP contribution in [0.2, 0.25) is 0 Å². The van der Waals surface area contributed by atoms with E-state index in [2.05, 4.69) is 21.3 Å². The Kier molecular flexibility index (Phi) is 7.76. The van der Waals surface area contributed by atoms with E-state index in [1.54, 1.807) is 48.5 Å². The van der Waals surface area contributed by atoms with Gasteiger partial charge in [-0.25, -0.2) is 9.59 Å². The molecule has 0 aliphatic carbocycles. The van der Waals surface area contributed by atoms with Gasteiger partial charge >= 0.3 is 11.9 Å². The monoisotopic (exact) mass is 382 g/mol. The molecule has 0 saturated carbocycles. The largest absolute Gasteiger partial charge is 0.465 e. The zero-order valence-electron chi connectivity index (χ0n) is 15.7. The lowest BCUT2D eigenvalue weighted by Gasteiger charge is -2.09. The number of hydrogen-bond donors (Lipinski definition) is 2. The average Bonchev–Trinajstić information content (AvgIpc) is 2.75. The van der Waals surface area contributed by atoms with Gasteiger partial charge in [0.1, 0.15) is 0 Å². The van der Waals surface area contributed by atoms with Crippen LogP contribution in [-0.4, -0.2) is 36.4 Å². The third kappa shape index (κ3) is 5.68. The Morgan fingerprint density at radius 1 is 0.750 bits per heavy atom. The third-order valence-electron chi connectivity index (χ3n) is 4.15. The van der Waals surface area contributed by atoms with Crippen LogP contribution in [0.15, 0.2) is 48.5 Å². The molecule has 0 saturated heterocycles. The highest BCUT2D eigenvalue weighted by atomic mass is 16.5. The maximum Gasteiger partial charge on any atom is 0.337 e. The van der Waals surface area contributed by atoms with E-state index in [9.17, 15) is 19.8 Å². The van der Waals surface area contributed by atoms with Gasteiger partial charge in [-0.1, -0.05) is 24.3 Å². The molecule has 2 aromatic rings. The molecule has 0 bridgehead atoms. The molecule has 2 rings (SSSR count). The molecule has 0 fully saturated rings. The number of rotatable bonds is 6. The number of methoxy groups -OCH3 is 2. The number of ether oxygens (including phenoxy) is 2. The second kappa shape index (κ2) is 10.3. The lowest BCUT2D eigenvalue weighted by Crippen LogP contribution is -2.03. The number of benzene rings is 2. The standard InChI is InChI=1S/C22H22O6/c1-27-21(25)17-11-7-15(8-12-17)19(23)5-3-4-6-20(24)16-9-13-18(14-10-16)22(26)28-2/h7-14,19-20,23-24H,5-6H2,1-2H3/t19-,20+. The summed E-state index contributed by atoms with van der Waals surface area (Å²) in [6.07, 6.45) is -1.19. The fraction of sp³-hybridized carbons (Fsp3) is 0.273. The quantitative estimate of drug-likeness (QED) is 0.590. The Morgan fingerprint density at radius 3 is 1.36 bits per heavy atom. The van der Waals surface area contributed by atoms with Crippen LogP contribution in [-0.2, 0) is 9.47 Å². The third-order valence-corrected chi connectivity index (χ3v) is 4.15. The van der Waals surface area contributed by atoms with E-state index >= 15 is 0 Å². The molecule has 0 aliphatic rings. The molecule has 0 radical (unpaired) electrons. The van der Waals surface area contributed by atoms with Crippen LogP contribution in [0, 0.1) is 11.8 Å². The minimum Gasteiger partial charge on any atom is -0.465 e. The molecule has 2 atom stereocenters. The maximum absolute atomic E-state index is 11.4. The Labute approximate surface area is 163 Å². The van der Waals surface area contributed by atoms with E-state index < -0.39 is 24.1 Å². The predicted molar refractivity (Wildman–Crippen MR) is 102 cm³/mol. The Morgan fingerprint density at radius 2 is 1.07 bits per heavy atom. The normalized spacial score (nSPS) is 12.3. The first-order valence-electron chi connectivity index (χ1n) is 8.64. The van der Waals surface area contributed by atoms with E-state index in [4.69, 9.17) is 0 Å². The Bertz CT molecular complexity index is 787. The molecular weight excluding hydrogens is 360 g/mol. The Hall–Kier alpha value is -3.14. The van der Waals surface area contributed by atoms with Crippen molar-refractivity contribution in [3.63, 3.8) is 0 Å². The molecule has 2 N–H and O–H groups in total. The minimum atomic E-state index is -0.796. The number of carbonyl (C=O) groups is 2. The molecule has 0 unspecified atom stereocenters. The second-order valence-corrected chi connectivity index (χ2v) is 6.02. The van der Waals surface area contributed by atoms with Gasteiger partial charge in [-0.05, 0) is 35.4 Å². The van der Waals surface area contributed by atoms with Crippen molar-refractivity contribution in [3.05, 3.63) is 70.8 Å². The van der Waals surface area contributed by atoms with Crippen LogP contribution >= 0.6 is 0 Å². The van der Waals surface area contributed by atoms with Crippen LogP contribution < -0.4 is 0 Å². The first-order chi connectivity index (χ1) is 13.5. The molecule has 0 heterocycles. The fourth-order valence-electron chi connectivity index (χ4n) is 2.49. The molecule has 6 heteroatoms. The maximum atomic E-state index is 11.4. The van der Waals surface area contributed by atoms with Crippen molar-refractivity contribution < 1.29 is 29.3 Å². The van der Waals surface area contributed by atoms with Gasteiger partial charge < -0.3 is 19.7 Å². The van der Waals surface area contributed by atoms with E-state index in [0.717, 1.165) is 0 Å². The first kappa shape index (κ1) is 21.2. The zero-order chi connectivity index (χ0) is 20.5. The van der Waals surface area contributed by atoms with Crippen LogP contribution in [0.3, 0.4) is 0 Å². The highest BCUT2D eigenvalue weighted by Gasteiger charge is 2.10. The van der Waals surface area contributed by atoms with E-state index in [1.807, 2.05) is 0 Å². The van der Waals surface area contributed by atoms with E-state index in [1.165, 1.54) is 14.2 Å². The zero-order valence-corrected chi connectivity index (χ0v) is 15.7. The van der Waals surface area contributed by atoms with Crippen molar-refractivity contribution in [2.45, 2.75) is 25.0 Å². The van der Waals surface area contributed by atoms with Crippen molar-refractivity contribution >= 4 is 11.9 Å². The molecule has 6 nitrogen and oxygen atoms in total. The van der Waals surface area contributed by atoms with E-state index in [0.29, 0.717) is 22.3 Å². The number of hydrogen-bond acceptors (Lipinski definition) is 6. The van der Waals surface area contributed by atoms with Crippen LogP contribution in [0.25, 0.3) is 0 Å². The SMILES string of the molecule is COC(=O)c1ccc([C@H](O)CC#CC[C@H](O)c2ccc(C(=O)OC)cc2)cc1. The molecule has 0 aliphatic heterocycles. The molecule has 28 heavy (non-hydrogen) atoms. The predicted octanol–water partition coefficient (Wildman–Crippen LogP) is 2.81. The van der Waals surface area contributed by atoms with Crippen molar-refractivity contribution in [1.29, 1.82) is 0 Å². The average molecular weight is 382 g/mol. The molecule has 2 aromatic carbocycles. The van der Waals surface area contributed by atoms with Crippen molar-refractivity contribution in [1.82, 2.24) is 0 Å². The number of carbonyl (C=O) groups excluding carboxylic acids is 2. The summed E-state index contributed by atoms with van der Waals surface area (Å²) in [6.45, 7) is 0. The second-order valence-electron chi connectivity index (χ2n) is 6.02. The van der Waals surface area contributed by atoms with Crippen LogP contribution in [0.4, 0.5) is 0 Å². The van der Waals surface area contributed by atoms with Gasteiger partial charge in [-0.15, -0.1) is 11.8 Å². The first-order valence-corrected chi connectivity index (χ1v) is 8.64. The number of esters is 2. The highest BCUT2D eigenvalue weighted by Crippen LogP contribution is 2.19. The number of aliphatic hydroxyl groups excluding tert-OH is 2. The Balaban J connectivity index is 1.88. The summed E-state index contributed by atoms with van der Waals surface area (Å²) in [4.78, 5) is 22.8. The van der Waals surface area contributed by atoms with Gasteiger partial charge in [0.2, 0.25) is 0 Å². The lowest BCUT2D eigenvalue weighted by atomic mass is 10.0. The fourth-order valence-corrected chi connectivity index (χ4v) is 2.49. The van der Waals surface area contributed by atoms with Gasteiger partial charge in [0, 0.05) is 12.8 Å². The minimum absolute atomic E-state index is 0.200. The molecular formula is C22H22O6. The summed E-state index contributed by atoms with van der Waals surface area (Å²) < 4.78 is 9.26. The lowest BCUT2D eigenvalue weighted by molar-refractivity contribution is 0.0591. The smallest absolute Gasteiger partial charge is 0.337 e. The summed E-state index contributed by atoms with van der Waals surface area (Å²) in [5, 5.41) is 20.3. The summed E-state index contributed by atoms with van der Waals surface area (Å²) >= 11 is 0. The van der Waals surface area contributed by atoms with Crippen molar-refractivity contribution in [2.24, 2.45) is 0 Å². The molecule has 0 spiro atoms. The van der Waals surface area contributed by atoms with Gasteiger partial charge in [0.15, 0.2) is 0 Å². The van der Waals surface area contributed by atoms with Gasteiger partial charge in [-0.3, -0.25) is 0 Å². The summed E-state index contributed by atoms with van der Waals surface area (Å²) in [5.74, 6) is 4.82. The summed E-state index contributed by atoms with van der Waals surface area (Å²) in [7, 11) is 2.62. The van der Waals surface area contributed by atoms with Gasteiger partial charge in [-0.2, -0.15) is 0 Å². The van der Waals surface area contributed by atoms with Gasteiger partial charge in [0.25, 0.3) is 0 Å². The highest BCUT2D eigenvalue weighted by molar-refractivity contribution is 5.89. The number of aliphatic hydroxyl groups is 2. The molecule has 0 amide bonds. The van der Waals surface area contributed by atoms with Gasteiger partial charge in [0.05, 0.1) is 37.6 Å². The summed E-state index contributed by atoms with van der Waals surface area (Å²) in [5.41, 5.74) is 2.10. The van der Waals surface area contributed by atoms with Crippen molar-refractivity contribution in [3.8, 4) is 11.8 Å². The molecule has 0 aromatic heterocycles. The topological polar surface area (TPSA) is 93.1 Å². The van der Waals surface area contributed by atoms with Crippen LogP contribution in [0.5, 0.6) is 0 Å². The summed E-state index contributed by atoms with van der Waals surface area (Å²) in [6, 6.07) is 12.9. The van der Waals surface area contributed by atoms with E-state index in [-0.39, 0.29) is 12.8 Å². The van der Waals surface area contributed by atoms with Crippen LogP contribution in [0.1, 0.15) is 56.9 Å². The van der Waals surface area contributed by atoms with Crippen molar-refractivity contribution in [2.75, 3.05) is 14.2 Å².